The largest absolute Gasteiger partial charge is 0.464 e. The number of halogens is 2. The van der Waals surface area contributed by atoms with E-state index in [0.29, 0.717) is 16.4 Å². The third-order valence-electron chi connectivity index (χ3n) is 3.35. The number of nitrogens with zero attached hydrogens (tertiary/aromatic N) is 1. The molecule has 0 heterocycles. The Kier molecular flexibility index (Phi) is 5.00. The van der Waals surface area contributed by atoms with Gasteiger partial charge in [0.1, 0.15) is 17.4 Å². The Morgan fingerprint density at radius 1 is 0.840 bits per heavy atom. The van der Waals surface area contributed by atoms with Gasteiger partial charge in [0.25, 0.3) is 5.69 Å². The van der Waals surface area contributed by atoms with Gasteiger partial charge < -0.3 is 4.52 Å². The Morgan fingerprint density at radius 2 is 1.36 bits per heavy atom. The van der Waals surface area contributed by atoms with Crippen molar-refractivity contribution in [2.24, 2.45) is 0 Å². The number of hydrogen-bond acceptors (Lipinski definition) is 3. The van der Waals surface area contributed by atoms with Crippen LogP contribution < -0.4 is 15.1 Å². The standard InChI is InChI=1S/C18H12F2NO3P/c19-13-4-8-17(9-5-13)25(18-10-6-14(20)7-11-18)24-16-3-1-2-15(12-16)21(22)23/h1-12H. The normalized spacial score (nSPS) is 10.7. The molecule has 0 atom stereocenters. The Bertz CT molecular complexity index is 840. The fraction of sp³-hybridized carbons (Fsp3) is 0. The lowest BCUT2D eigenvalue weighted by Crippen LogP contribution is -2.16. The fourth-order valence-electron chi connectivity index (χ4n) is 2.17. The second-order valence-corrected chi connectivity index (χ2v) is 6.90. The number of benzene rings is 3. The molecule has 0 aliphatic heterocycles. The van der Waals surface area contributed by atoms with Gasteiger partial charge in [0.05, 0.1) is 11.0 Å². The molecule has 0 aliphatic rings. The van der Waals surface area contributed by atoms with Crippen LogP contribution in [0.25, 0.3) is 0 Å². The molecule has 3 aromatic carbocycles. The van der Waals surface area contributed by atoms with Crippen LogP contribution in [-0.2, 0) is 0 Å². The van der Waals surface area contributed by atoms with Gasteiger partial charge in [0, 0.05) is 16.7 Å². The molecule has 0 saturated carbocycles. The van der Waals surface area contributed by atoms with Crippen LogP contribution in [0.1, 0.15) is 0 Å². The van der Waals surface area contributed by atoms with E-state index >= 15 is 0 Å². The molecule has 0 aliphatic carbocycles. The van der Waals surface area contributed by atoms with Gasteiger partial charge in [0.15, 0.2) is 8.15 Å². The first-order valence-electron chi connectivity index (χ1n) is 7.26. The van der Waals surface area contributed by atoms with Gasteiger partial charge in [-0.2, -0.15) is 0 Å². The minimum atomic E-state index is -1.44. The topological polar surface area (TPSA) is 52.4 Å². The summed E-state index contributed by atoms with van der Waals surface area (Å²) < 4.78 is 32.4. The number of hydrogen-bond donors (Lipinski definition) is 0. The highest BCUT2D eigenvalue weighted by Gasteiger charge is 2.19. The molecule has 0 N–H and O–H groups in total. The summed E-state index contributed by atoms with van der Waals surface area (Å²) in [5.74, 6) is -0.449. The van der Waals surface area contributed by atoms with Crippen LogP contribution >= 0.6 is 8.15 Å². The molecular formula is C18H12F2NO3P. The van der Waals surface area contributed by atoms with Crippen molar-refractivity contribution in [2.45, 2.75) is 0 Å². The monoisotopic (exact) mass is 359 g/mol. The van der Waals surface area contributed by atoms with Crippen molar-refractivity contribution in [3.8, 4) is 5.75 Å². The summed E-state index contributed by atoms with van der Waals surface area (Å²) in [5.41, 5.74) is -0.0920. The molecule has 0 spiro atoms. The summed E-state index contributed by atoms with van der Waals surface area (Å²) in [7, 11) is -1.44. The summed E-state index contributed by atoms with van der Waals surface area (Å²) in [6.07, 6.45) is 0. The zero-order valence-corrected chi connectivity index (χ0v) is 13.7. The van der Waals surface area contributed by atoms with E-state index in [9.17, 15) is 18.9 Å². The Balaban J connectivity index is 1.99. The Morgan fingerprint density at radius 3 is 1.84 bits per heavy atom. The molecule has 0 bridgehead atoms. The van der Waals surface area contributed by atoms with E-state index in [-0.39, 0.29) is 17.3 Å². The van der Waals surface area contributed by atoms with E-state index in [1.165, 1.54) is 42.5 Å². The van der Waals surface area contributed by atoms with E-state index in [1.807, 2.05) is 0 Å². The second kappa shape index (κ2) is 7.36. The van der Waals surface area contributed by atoms with E-state index in [0.717, 1.165) is 0 Å². The lowest BCUT2D eigenvalue weighted by Gasteiger charge is -2.19. The van der Waals surface area contributed by atoms with Crippen molar-refractivity contribution in [1.29, 1.82) is 0 Å². The van der Waals surface area contributed by atoms with Crippen LogP contribution in [0, 0.1) is 21.7 Å². The van der Waals surface area contributed by atoms with Crippen LogP contribution in [0.5, 0.6) is 5.75 Å². The fourth-order valence-corrected chi connectivity index (χ4v) is 3.84. The maximum Gasteiger partial charge on any atom is 0.273 e. The molecule has 0 unspecified atom stereocenters. The van der Waals surface area contributed by atoms with Crippen molar-refractivity contribution in [3.63, 3.8) is 0 Å². The molecule has 0 saturated heterocycles. The average Bonchev–Trinajstić information content (AvgIpc) is 2.62. The summed E-state index contributed by atoms with van der Waals surface area (Å²) in [5, 5.41) is 12.3. The van der Waals surface area contributed by atoms with Gasteiger partial charge in [-0.05, 0) is 54.6 Å². The van der Waals surface area contributed by atoms with Gasteiger partial charge in [0.2, 0.25) is 0 Å². The molecule has 3 rings (SSSR count). The minimum absolute atomic E-state index is 0.0920. The third-order valence-corrected chi connectivity index (χ3v) is 5.28. The molecule has 4 nitrogen and oxygen atoms in total. The first kappa shape index (κ1) is 17.0. The number of nitro benzene ring substituents is 1. The third kappa shape index (κ3) is 4.17. The maximum absolute atomic E-state index is 13.2. The molecular weight excluding hydrogens is 347 g/mol. The van der Waals surface area contributed by atoms with Crippen LogP contribution in [0.3, 0.4) is 0 Å². The van der Waals surface area contributed by atoms with Crippen LogP contribution in [-0.4, -0.2) is 4.92 Å². The van der Waals surface area contributed by atoms with Crippen LogP contribution in [0.15, 0.2) is 72.8 Å². The highest BCUT2D eigenvalue weighted by Crippen LogP contribution is 2.37. The lowest BCUT2D eigenvalue weighted by atomic mass is 10.3. The first-order chi connectivity index (χ1) is 12.0. The SMILES string of the molecule is O=[N+]([O-])c1cccc(OP(c2ccc(F)cc2)c2ccc(F)cc2)c1. The summed E-state index contributed by atoms with van der Waals surface area (Å²) in [4.78, 5) is 10.4. The second-order valence-electron chi connectivity index (χ2n) is 5.09. The van der Waals surface area contributed by atoms with Crippen molar-refractivity contribution in [1.82, 2.24) is 0 Å². The molecule has 0 radical (unpaired) electrons. The van der Waals surface area contributed by atoms with Crippen molar-refractivity contribution >= 4 is 24.4 Å². The summed E-state index contributed by atoms with van der Waals surface area (Å²) in [6, 6.07) is 17.4. The predicted molar refractivity (Wildman–Crippen MR) is 92.7 cm³/mol. The van der Waals surface area contributed by atoms with Gasteiger partial charge in [-0.3, -0.25) is 10.1 Å². The van der Waals surface area contributed by atoms with Gasteiger partial charge in [-0.15, -0.1) is 0 Å². The molecule has 0 aromatic heterocycles. The predicted octanol–water partition coefficient (Wildman–Crippen LogP) is 4.30. The smallest absolute Gasteiger partial charge is 0.273 e. The Labute approximate surface area is 143 Å². The molecule has 126 valence electrons. The number of rotatable bonds is 5. The quantitative estimate of drug-likeness (QED) is 0.388. The van der Waals surface area contributed by atoms with Gasteiger partial charge in [-0.1, -0.05) is 6.07 Å². The van der Waals surface area contributed by atoms with Crippen LogP contribution in [0.4, 0.5) is 14.5 Å². The van der Waals surface area contributed by atoms with E-state index in [1.54, 1.807) is 30.3 Å². The van der Waals surface area contributed by atoms with Gasteiger partial charge >= 0.3 is 0 Å². The first-order valence-corrected chi connectivity index (χ1v) is 8.52. The zero-order chi connectivity index (χ0) is 17.8. The molecule has 0 fully saturated rings. The number of non-ortho nitro benzene ring substituents is 1. The average molecular weight is 359 g/mol. The maximum atomic E-state index is 13.2. The number of nitro groups is 1. The highest BCUT2D eigenvalue weighted by molar-refractivity contribution is 7.68. The zero-order valence-electron chi connectivity index (χ0n) is 12.8. The van der Waals surface area contributed by atoms with E-state index in [4.69, 9.17) is 4.52 Å². The minimum Gasteiger partial charge on any atom is -0.464 e. The Hall–Kier alpha value is -2.85. The molecule has 0 amide bonds. The lowest BCUT2D eigenvalue weighted by molar-refractivity contribution is -0.384. The molecule has 25 heavy (non-hydrogen) atoms. The van der Waals surface area contributed by atoms with Crippen molar-refractivity contribution in [3.05, 3.63) is 94.5 Å². The molecule has 7 heteroatoms. The summed E-state index contributed by atoms with van der Waals surface area (Å²) in [6.45, 7) is 0. The van der Waals surface area contributed by atoms with Crippen molar-refractivity contribution < 1.29 is 18.2 Å². The van der Waals surface area contributed by atoms with E-state index < -0.39 is 13.1 Å². The van der Waals surface area contributed by atoms with E-state index in [2.05, 4.69) is 0 Å². The molecule has 3 aromatic rings. The summed E-state index contributed by atoms with van der Waals surface area (Å²) >= 11 is 0. The van der Waals surface area contributed by atoms with Crippen molar-refractivity contribution in [2.75, 3.05) is 0 Å². The highest BCUT2D eigenvalue weighted by atomic mass is 31.1. The van der Waals surface area contributed by atoms with Crippen LogP contribution in [0.2, 0.25) is 0 Å². The van der Waals surface area contributed by atoms with Gasteiger partial charge in [-0.25, -0.2) is 8.78 Å².